The lowest BCUT2D eigenvalue weighted by molar-refractivity contribution is 0.0404. The molecular formula is C15H22BrNO. The van der Waals surface area contributed by atoms with Gasteiger partial charge in [-0.2, -0.15) is 0 Å². The summed E-state index contributed by atoms with van der Waals surface area (Å²) in [5, 5.41) is 0. The highest BCUT2D eigenvalue weighted by Gasteiger charge is 2.35. The fourth-order valence-electron chi connectivity index (χ4n) is 2.53. The molecule has 0 aliphatic carbocycles. The highest BCUT2D eigenvalue weighted by molar-refractivity contribution is 9.10. The van der Waals surface area contributed by atoms with E-state index in [9.17, 15) is 0 Å². The normalized spacial score (nSPS) is 26.9. The molecule has 1 aliphatic heterocycles. The average Bonchev–Trinajstić information content (AvgIpc) is 2.28. The summed E-state index contributed by atoms with van der Waals surface area (Å²) in [6, 6.07) is 6.18. The van der Waals surface area contributed by atoms with Crippen LogP contribution in [0.1, 0.15) is 51.6 Å². The van der Waals surface area contributed by atoms with E-state index in [0.29, 0.717) is 5.92 Å². The second-order valence-electron chi connectivity index (χ2n) is 5.98. The Morgan fingerprint density at radius 3 is 2.89 bits per heavy atom. The summed E-state index contributed by atoms with van der Waals surface area (Å²) in [6.45, 7) is 6.68. The van der Waals surface area contributed by atoms with Gasteiger partial charge >= 0.3 is 0 Å². The molecule has 2 atom stereocenters. The Kier molecular flexibility index (Phi) is 4.02. The first-order valence-electron chi connectivity index (χ1n) is 6.64. The summed E-state index contributed by atoms with van der Waals surface area (Å²) < 4.78 is 7.26. The minimum Gasteiger partial charge on any atom is -0.487 e. The van der Waals surface area contributed by atoms with Gasteiger partial charge in [-0.3, -0.25) is 0 Å². The summed E-state index contributed by atoms with van der Waals surface area (Å²) in [5.41, 5.74) is 7.29. The van der Waals surface area contributed by atoms with Crippen molar-refractivity contribution in [2.45, 2.75) is 51.7 Å². The number of hydrogen-bond donors (Lipinski definition) is 1. The Labute approximate surface area is 118 Å². The molecule has 1 aliphatic rings. The van der Waals surface area contributed by atoms with Gasteiger partial charge in [0.15, 0.2) is 0 Å². The standard InChI is InChI=1S/C15H22BrNO/c1-10(2)6-7-15(3)9-13(17)12-8-11(16)4-5-14(12)18-15/h4-5,8,10,13H,6-7,9,17H2,1-3H3/t13-,15?/m0/s1. The third-order valence-electron chi connectivity index (χ3n) is 3.63. The number of rotatable bonds is 3. The van der Waals surface area contributed by atoms with Crippen molar-refractivity contribution in [3.8, 4) is 5.75 Å². The minimum atomic E-state index is -0.121. The SMILES string of the molecule is CC(C)CCC1(C)C[C@H](N)c2cc(Br)ccc2O1. The molecule has 3 heteroatoms. The van der Waals surface area contributed by atoms with E-state index >= 15 is 0 Å². The fourth-order valence-corrected chi connectivity index (χ4v) is 2.91. The van der Waals surface area contributed by atoms with Crippen LogP contribution in [0.2, 0.25) is 0 Å². The van der Waals surface area contributed by atoms with Gasteiger partial charge in [0.05, 0.1) is 0 Å². The van der Waals surface area contributed by atoms with Crippen LogP contribution in [0.4, 0.5) is 0 Å². The van der Waals surface area contributed by atoms with Gasteiger partial charge in [0.1, 0.15) is 11.4 Å². The Bertz CT molecular complexity index is 433. The first-order chi connectivity index (χ1) is 8.39. The lowest BCUT2D eigenvalue weighted by atomic mass is 9.84. The largest absolute Gasteiger partial charge is 0.487 e. The number of hydrogen-bond acceptors (Lipinski definition) is 2. The van der Waals surface area contributed by atoms with E-state index in [1.165, 1.54) is 6.42 Å². The molecule has 1 aromatic carbocycles. The van der Waals surface area contributed by atoms with Crippen molar-refractivity contribution in [2.24, 2.45) is 11.7 Å². The summed E-state index contributed by atoms with van der Waals surface area (Å²) in [6.07, 6.45) is 3.13. The molecule has 2 N–H and O–H groups in total. The maximum atomic E-state index is 6.30. The highest BCUT2D eigenvalue weighted by Crippen LogP contribution is 2.41. The van der Waals surface area contributed by atoms with Gasteiger partial charge in [-0.05, 0) is 43.9 Å². The number of ether oxygens (including phenoxy) is 1. The second kappa shape index (κ2) is 5.22. The van der Waals surface area contributed by atoms with Gasteiger partial charge < -0.3 is 10.5 Å². The molecule has 1 aromatic rings. The van der Waals surface area contributed by atoms with Gasteiger partial charge in [0.2, 0.25) is 0 Å². The molecule has 100 valence electrons. The van der Waals surface area contributed by atoms with Crippen molar-refractivity contribution >= 4 is 15.9 Å². The van der Waals surface area contributed by atoms with Crippen LogP contribution < -0.4 is 10.5 Å². The summed E-state index contributed by atoms with van der Waals surface area (Å²) in [5.74, 6) is 1.65. The van der Waals surface area contributed by atoms with Crippen LogP contribution >= 0.6 is 15.9 Å². The quantitative estimate of drug-likeness (QED) is 0.896. The summed E-state index contributed by atoms with van der Waals surface area (Å²) in [7, 11) is 0. The maximum absolute atomic E-state index is 6.30. The number of benzene rings is 1. The third kappa shape index (κ3) is 3.07. The van der Waals surface area contributed by atoms with Crippen LogP contribution in [-0.2, 0) is 0 Å². The lowest BCUT2D eigenvalue weighted by Crippen LogP contribution is -2.40. The van der Waals surface area contributed by atoms with Crippen molar-refractivity contribution in [1.82, 2.24) is 0 Å². The van der Waals surface area contributed by atoms with E-state index in [1.54, 1.807) is 0 Å². The van der Waals surface area contributed by atoms with E-state index < -0.39 is 0 Å². The van der Waals surface area contributed by atoms with Crippen molar-refractivity contribution in [3.05, 3.63) is 28.2 Å². The van der Waals surface area contributed by atoms with Crippen molar-refractivity contribution in [2.75, 3.05) is 0 Å². The Balaban J connectivity index is 2.19. The van der Waals surface area contributed by atoms with E-state index in [-0.39, 0.29) is 11.6 Å². The van der Waals surface area contributed by atoms with Crippen LogP contribution in [0.3, 0.4) is 0 Å². The zero-order valence-electron chi connectivity index (χ0n) is 11.4. The number of nitrogens with two attached hydrogens (primary N) is 1. The Morgan fingerprint density at radius 1 is 1.50 bits per heavy atom. The van der Waals surface area contributed by atoms with Crippen molar-refractivity contribution in [3.63, 3.8) is 0 Å². The van der Waals surface area contributed by atoms with Gasteiger partial charge in [-0.25, -0.2) is 0 Å². The molecule has 1 heterocycles. The highest BCUT2D eigenvalue weighted by atomic mass is 79.9. The van der Waals surface area contributed by atoms with E-state index in [4.69, 9.17) is 10.5 Å². The lowest BCUT2D eigenvalue weighted by Gasteiger charge is -2.39. The van der Waals surface area contributed by atoms with Crippen molar-refractivity contribution < 1.29 is 4.74 Å². The minimum absolute atomic E-state index is 0.0726. The molecule has 0 saturated heterocycles. The van der Waals surface area contributed by atoms with Gasteiger partial charge in [0.25, 0.3) is 0 Å². The van der Waals surface area contributed by atoms with E-state index in [1.807, 2.05) is 12.1 Å². The second-order valence-corrected chi connectivity index (χ2v) is 6.89. The molecule has 0 fully saturated rings. The molecule has 0 radical (unpaired) electrons. The zero-order valence-corrected chi connectivity index (χ0v) is 13.0. The average molecular weight is 312 g/mol. The first-order valence-corrected chi connectivity index (χ1v) is 7.43. The Morgan fingerprint density at radius 2 is 2.22 bits per heavy atom. The maximum Gasteiger partial charge on any atom is 0.124 e. The molecular weight excluding hydrogens is 290 g/mol. The monoisotopic (exact) mass is 311 g/mol. The molecule has 0 aromatic heterocycles. The van der Waals surface area contributed by atoms with E-state index in [0.717, 1.165) is 28.6 Å². The molecule has 2 rings (SSSR count). The van der Waals surface area contributed by atoms with Crippen LogP contribution in [0.5, 0.6) is 5.75 Å². The van der Waals surface area contributed by atoms with Crippen molar-refractivity contribution in [1.29, 1.82) is 0 Å². The third-order valence-corrected chi connectivity index (χ3v) is 4.12. The number of halogens is 1. The summed E-state index contributed by atoms with van der Waals surface area (Å²) >= 11 is 3.49. The van der Waals surface area contributed by atoms with Gasteiger partial charge in [0, 0.05) is 22.5 Å². The van der Waals surface area contributed by atoms with Gasteiger partial charge in [-0.1, -0.05) is 29.8 Å². The summed E-state index contributed by atoms with van der Waals surface area (Å²) in [4.78, 5) is 0. The van der Waals surface area contributed by atoms with Crippen LogP contribution in [-0.4, -0.2) is 5.60 Å². The van der Waals surface area contributed by atoms with Gasteiger partial charge in [-0.15, -0.1) is 0 Å². The molecule has 18 heavy (non-hydrogen) atoms. The van der Waals surface area contributed by atoms with Crippen LogP contribution in [0, 0.1) is 5.92 Å². The Hall–Kier alpha value is -0.540. The fraction of sp³-hybridized carbons (Fsp3) is 0.600. The molecule has 0 bridgehead atoms. The molecule has 0 saturated carbocycles. The number of fused-ring (bicyclic) bond motifs is 1. The predicted octanol–water partition coefficient (Wildman–Crippen LogP) is 4.43. The van der Waals surface area contributed by atoms with Crippen LogP contribution in [0.25, 0.3) is 0 Å². The molecule has 1 unspecified atom stereocenters. The predicted molar refractivity (Wildman–Crippen MR) is 78.8 cm³/mol. The molecule has 2 nitrogen and oxygen atoms in total. The first kappa shape index (κ1) is 13.9. The smallest absolute Gasteiger partial charge is 0.124 e. The van der Waals surface area contributed by atoms with E-state index in [2.05, 4.69) is 42.8 Å². The zero-order chi connectivity index (χ0) is 13.3. The molecule has 0 amide bonds. The van der Waals surface area contributed by atoms with Crippen LogP contribution in [0.15, 0.2) is 22.7 Å². The topological polar surface area (TPSA) is 35.2 Å². The molecule has 0 spiro atoms.